The average molecular weight is 405 g/mol. The van der Waals surface area contributed by atoms with E-state index >= 15 is 0 Å². The van der Waals surface area contributed by atoms with Crippen molar-refractivity contribution in [2.24, 2.45) is 0 Å². The molecular weight excluding hydrogens is 388 g/mol. The molecule has 28 heavy (non-hydrogen) atoms. The van der Waals surface area contributed by atoms with Crippen LogP contribution >= 0.6 is 11.6 Å². The van der Waals surface area contributed by atoms with Gasteiger partial charge in [-0.1, -0.05) is 17.7 Å². The van der Waals surface area contributed by atoms with Crippen LogP contribution in [0.3, 0.4) is 0 Å². The fourth-order valence-corrected chi connectivity index (χ4v) is 2.83. The molecule has 0 aliphatic carbocycles. The number of carbonyl (C=O) groups is 3. The van der Waals surface area contributed by atoms with Crippen molar-refractivity contribution >= 4 is 35.6 Å². The number of hydrogen-bond acceptors (Lipinski definition) is 6. The van der Waals surface area contributed by atoms with Gasteiger partial charge in [0.15, 0.2) is 0 Å². The van der Waals surface area contributed by atoms with Gasteiger partial charge in [-0.3, -0.25) is 9.69 Å². The second-order valence-electron chi connectivity index (χ2n) is 5.76. The van der Waals surface area contributed by atoms with E-state index in [9.17, 15) is 14.4 Å². The van der Waals surface area contributed by atoms with Crippen molar-refractivity contribution in [3.05, 3.63) is 58.1 Å². The van der Waals surface area contributed by atoms with Crippen molar-refractivity contribution in [2.75, 3.05) is 13.7 Å². The number of halogens is 1. The summed E-state index contributed by atoms with van der Waals surface area (Å²) in [6, 6.07) is 7.37. The van der Waals surface area contributed by atoms with Crippen molar-refractivity contribution in [2.45, 2.75) is 13.5 Å². The molecular formula is C19H17ClN2O6. The molecule has 3 rings (SSSR count). The number of nitrogens with one attached hydrogen (secondary N) is 1. The molecule has 1 fully saturated rings. The number of carbonyl (C=O) groups excluding carboxylic acids is 3. The number of rotatable bonds is 6. The van der Waals surface area contributed by atoms with E-state index in [1.165, 1.54) is 25.3 Å². The molecule has 2 aromatic rings. The Labute approximate surface area is 165 Å². The summed E-state index contributed by atoms with van der Waals surface area (Å²) in [7, 11) is 1.23. The lowest BCUT2D eigenvalue weighted by atomic mass is 10.2. The van der Waals surface area contributed by atoms with E-state index < -0.39 is 17.9 Å². The van der Waals surface area contributed by atoms with Gasteiger partial charge in [-0.25, -0.2) is 9.59 Å². The van der Waals surface area contributed by atoms with E-state index in [4.69, 9.17) is 20.8 Å². The Bertz CT molecular complexity index is 965. The first kappa shape index (κ1) is 19.5. The molecule has 3 amide bonds. The minimum absolute atomic E-state index is 0.00986. The quantitative estimate of drug-likeness (QED) is 0.451. The number of amides is 3. The number of methoxy groups -OCH3 is 1. The third kappa shape index (κ3) is 4.01. The highest BCUT2D eigenvalue weighted by molar-refractivity contribution is 6.32. The second kappa shape index (κ2) is 8.18. The lowest BCUT2D eigenvalue weighted by Gasteiger charge is -2.09. The van der Waals surface area contributed by atoms with Crippen molar-refractivity contribution in [1.29, 1.82) is 0 Å². The standard InChI is InChI=1S/C19H17ClN2O6/c1-3-27-15-6-4-11(8-13(15)20)9-14-17(23)22(19(25)21-14)10-12-5-7-16(28-12)18(24)26-2/h4-9H,3,10H2,1-2H3,(H,21,25)/b14-9-. The maximum atomic E-state index is 12.6. The molecule has 1 N–H and O–H groups in total. The number of benzene rings is 1. The first-order chi connectivity index (χ1) is 13.4. The minimum atomic E-state index is -0.642. The van der Waals surface area contributed by atoms with Crippen LogP contribution in [0.1, 0.15) is 28.8 Å². The number of esters is 1. The van der Waals surface area contributed by atoms with Crippen molar-refractivity contribution in [3.63, 3.8) is 0 Å². The number of nitrogens with zero attached hydrogens (tertiary/aromatic N) is 1. The highest BCUT2D eigenvalue weighted by Gasteiger charge is 2.34. The molecule has 1 aliphatic heterocycles. The van der Waals surface area contributed by atoms with Crippen LogP contribution < -0.4 is 10.1 Å². The fraction of sp³-hybridized carbons (Fsp3) is 0.211. The SMILES string of the molecule is CCOc1ccc(/C=C2\NC(=O)N(Cc3ccc(C(=O)OC)o3)C2=O)cc1Cl. The summed E-state index contributed by atoms with van der Waals surface area (Å²) in [5, 5.41) is 2.91. The van der Waals surface area contributed by atoms with Crippen LogP contribution in [0, 0.1) is 0 Å². The molecule has 1 aromatic carbocycles. The van der Waals surface area contributed by atoms with Gasteiger partial charge in [0, 0.05) is 0 Å². The van der Waals surface area contributed by atoms with Gasteiger partial charge in [0.1, 0.15) is 17.2 Å². The van der Waals surface area contributed by atoms with Gasteiger partial charge in [0.2, 0.25) is 5.76 Å². The van der Waals surface area contributed by atoms with Crippen LogP contribution in [0.25, 0.3) is 6.08 Å². The highest BCUT2D eigenvalue weighted by atomic mass is 35.5. The molecule has 8 nitrogen and oxygen atoms in total. The molecule has 0 bridgehead atoms. The van der Waals surface area contributed by atoms with Crippen LogP contribution in [0.2, 0.25) is 5.02 Å². The molecule has 0 spiro atoms. The Morgan fingerprint density at radius 3 is 2.75 bits per heavy atom. The van der Waals surface area contributed by atoms with Crippen LogP contribution in [0.15, 0.2) is 40.4 Å². The lowest BCUT2D eigenvalue weighted by molar-refractivity contribution is -0.123. The Kier molecular flexibility index (Phi) is 5.70. The normalized spacial score (nSPS) is 15.1. The molecule has 0 radical (unpaired) electrons. The number of hydrogen-bond donors (Lipinski definition) is 1. The molecule has 1 saturated heterocycles. The van der Waals surface area contributed by atoms with Crippen molar-refractivity contribution in [1.82, 2.24) is 10.2 Å². The zero-order valence-corrected chi connectivity index (χ0v) is 15.9. The molecule has 0 atom stereocenters. The van der Waals surface area contributed by atoms with Gasteiger partial charge < -0.3 is 19.2 Å². The maximum Gasteiger partial charge on any atom is 0.373 e. The Morgan fingerprint density at radius 1 is 1.29 bits per heavy atom. The van der Waals surface area contributed by atoms with E-state index in [0.29, 0.717) is 22.9 Å². The lowest BCUT2D eigenvalue weighted by Crippen LogP contribution is -2.30. The van der Waals surface area contributed by atoms with E-state index in [2.05, 4.69) is 10.1 Å². The van der Waals surface area contributed by atoms with E-state index in [0.717, 1.165) is 4.90 Å². The first-order valence-electron chi connectivity index (χ1n) is 8.36. The molecule has 1 aromatic heterocycles. The van der Waals surface area contributed by atoms with E-state index in [1.807, 2.05) is 6.92 Å². The van der Waals surface area contributed by atoms with Gasteiger partial charge >= 0.3 is 12.0 Å². The minimum Gasteiger partial charge on any atom is -0.492 e. The van der Waals surface area contributed by atoms with Crippen LogP contribution in [-0.2, 0) is 16.1 Å². The van der Waals surface area contributed by atoms with Crippen molar-refractivity contribution < 1.29 is 28.3 Å². The maximum absolute atomic E-state index is 12.6. The Hall–Kier alpha value is -3.26. The Balaban J connectivity index is 1.76. The van der Waals surface area contributed by atoms with E-state index in [1.54, 1.807) is 18.2 Å². The molecule has 9 heteroatoms. The van der Waals surface area contributed by atoms with Gasteiger partial charge in [-0.2, -0.15) is 0 Å². The van der Waals surface area contributed by atoms with Crippen LogP contribution in [0.4, 0.5) is 4.79 Å². The summed E-state index contributed by atoms with van der Waals surface area (Å²) < 4.78 is 15.2. The summed E-state index contributed by atoms with van der Waals surface area (Å²) in [6.45, 7) is 2.21. The molecule has 2 heterocycles. The number of ether oxygens (including phenoxy) is 2. The summed E-state index contributed by atoms with van der Waals surface area (Å²) >= 11 is 6.15. The fourth-order valence-electron chi connectivity index (χ4n) is 2.59. The summed E-state index contributed by atoms with van der Waals surface area (Å²) in [5.41, 5.74) is 0.731. The van der Waals surface area contributed by atoms with Crippen LogP contribution in [-0.4, -0.2) is 36.5 Å². The predicted octanol–water partition coefficient (Wildman–Crippen LogP) is 3.21. The van der Waals surface area contributed by atoms with Gasteiger partial charge in [0.25, 0.3) is 5.91 Å². The smallest absolute Gasteiger partial charge is 0.373 e. The van der Waals surface area contributed by atoms with Gasteiger partial charge in [0.05, 0.1) is 25.3 Å². The zero-order chi connectivity index (χ0) is 20.3. The predicted molar refractivity (Wildman–Crippen MR) is 99.7 cm³/mol. The van der Waals surface area contributed by atoms with E-state index in [-0.39, 0.29) is 23.8 Å². The topological polar surface area (TPSA) is 98.1 Å². The first-order valence-corrected chi connectivity index (χ1v) is 8.74. The monoisotopic (exact) mass is 404 g/mol. The second-order valence-corrected chi connectivity index (χ2v) is 6.17. The Morgan fingerprint density at radius 2 is 2.07 bits per heavy atom. The van der Waals surface area contributed by atoms with Crippen molar-refractivity contribution in [3.8, 4) is 5.75 Å². The molecule has 0 unspecified atom stereocenters. The van der Waals surface area contributed by atoms with Gasteiger partial charge in [-0.05, 0) is 42.8 Å². The number of furan rings is 1. The van der Waals surface area contributed by atoms with Gasteiger partial charge in [-0.15, -0.1) is 0 Å². The molecule has 1 aliphatic rings. The third-order valence-electron chi connectivity index (χ3n) is 3.89. The zero-order valence-electron chi connectivity index (χ0n) is 15.2. The number of imide groups is 1. The highest BCUT2D eigenvalue weighted by Crippen LogP contribution is 2.27. The summed E-state index contributed by atoms with van der Waals surface area (Å²) in [5.74, 6) is -0.366. The third-order valence-corrected chi connectivity index (χ3v) is 4.19. The summed E-state index contributed by atoms with van der Waals surface area (Å²) in [4.78, 5) is 37.1. The number of urea groups is 1. The largest absolute Gasteiger partial charge is 0.492 e. The average Bonchev–Trinajstić information content (AvgIpc) is 3.24. The molecule has 0 saturated carbocycles. The molecule has 146 valence electrons. The summed E-state index contributed by atoms with van der Waals surface area (Å²) in [6.07, 6.45) is 1.52. The van der Waals surface area contributed by atoms with Crippen LogP contribution in [0.5, 0.6) is 5.75 Å².